The van der Waals surface area contributed by atoms with E-state index in [0.29, 0.717) is 17.9 Å². The van der Waals surface area contributed by atoms with E-state index in [2.05, 4.69) is 39.8 Å². The number of amides is 1. The molecule has 0 fully saturated rings. The van der Waals surface area contributed by atoms with Gasteiger partial charge in [0, 0.05) is 20.2 Å². The molecule has 1 N–H and O–H groups in total. The summed E-state index contributed by atoms with van der Waals surface area (Å²) in [6.45, 7) is 4.20. The molecule has 3 aromatic rings. The number of nitrogens with zero attached hydrogens (tertiary/aromatic N) is 1. The fourth-order valence-electron chi connectivity index (χ4n) is 3.01. The molecule has 0 aliphatic heterocycles. The Morgan fingerprint density at radius 2 is 2.00 bits per heavy atom. The average Bonchev–Trinajstić information content (AvgIpc) is 3.19. The van der Waals surface area contributed by atoms with E-state index in [0.717, 1.165) is 33.5 Å². The number of ether oxygens (including phenoxy) is 1. The molecule has 1 amide bonds. The minimum Gasteiger partial charge on any atom is -0.461 e. The lowest BCUT2D eigenvalue weighted by molar-refractivity contribution is 0.0520. The molecule has 0 spiro atoms. The van der Waals surface area contributed by atoms with Gasteiger partial charge in [0.15, 0.2) is 5.69 Å². The Hall–Kier alpha value is -2.26. The molecule has 0 saturated heterocycles. The van der Waals surface area contributed by atoms with Gasteiger partial charge in [0.1, 0.15) is 0 Å². The Balaban J connectivity index is 1.59. The van der Waals surface area contributed by atoms with E-state index in [1.54, 1.807) is 12.3 Å². The summed E-state index contributed by atoms with van der Waals surface area (Å²) in [5.41, 5.74) is 4.20. The van der Waals surface area contributed by atoms with Gasteiger partial charge < -0.3 is 10.1 Å². The van der Waals surface area contributed by atoms with Crippen LogP contribution in [0.5, 0.6) is 0 Å². The summed E-state index contributed by atoms with van der Waals surface area (Å²) in [6.07, 6.45) is 2.57. The molecule has 0 radical (unpaired) electrons. The molecule has 7 heteroatoms. The van der Waals surface area contributed by atoms with Crippen LogP contribution >= 0.6 is 33.9 Å². The Morgan fingerprint density at radius 1 is 1.17 bits per heavy atom. The molecule has 1 heterocycles. The molecule has 0 saturated carbocycles. The summed E-state index contributed by atoms with van der Waals surface area (Å²) in [6, 6.07) is 13.5. The van der Waals surface area contributed by atoms with E-state index in [1.165, 1.54) is 22.5 Å². The van der Waals surface area contributed by atoms with Crippen LogP contribution in [0.15, 0.2) is 47.8 Å². The van der Waals surface area contributed by atoms with E-state index in [9.17, 15) is 9.59 Å². The second kappa shape index (κ2) is 10.7. The molecular formula is C23H23IN2O3S. The third-order valence-electron chi connectivity index (χ3n) is 4.57. The van der Waals surface area contributed by atoms with Gasteiger partial charge in [-0.15, -0.1) is 11.3 Å². The molecule has 5 nitrogen and oxygen atoms in total. The van der Waals surface area contributed by atoms with Gasteiger partial charge in [0.25, 0.3) is 5.91 Å². The predicted molar refractivity (Wildman–Crippen MR) is 128 cm³/mol. The van der Waals surface area contributed by atoms with Gasteiger partial charge in [-0.05, 0) is 97.2 Å². The minimum atomic E-state index is -0.368. The average molecular weight is 534 g/mol. The fraction of sp³-hybridized carbons (Fsp3) is 0.261. The first-order valence-electron chi connectivity index (χ1n) is 9.74. The summed E-state index contributed by atoms with van der Waals surface area (Å²) in [4.78, 5) is 28.6. The van der Waals surface area contributed by atoms with Crippen LogP contribution in [0.1, 0.15) is 50.3 Å². The molecule has 2 aromatic carbocycles. The van der Waals surface area contributed by atoms with Crippen molar-refractivity contribution in [3.8, 4) is 0 Å². The second-order valence-corrected chi connectivity index (χ2v) is 8.99. The highest BCUT2D eigenvalue weighted by Crippen LogP contribution is 2.20. The maximum absolute atomic E-state index is 12.5. The van der Waals surface area contributed by atoms with Crippen LogP contribution in [0.25, 0.3) is 0 Å². The highest BCUT2D eigenvalue weighted by Gasteiger charge is 2.12. The zero-order valence-corrected chi connectivity index (χ0v) is 19.9. The van der Waals surface area contributed by atoms with Gasteiger partial charge in [-0.1, -0.05) is 12.1 Å². The first kappa shape index (κ1) is 22.4. The molecule has 0 aliphatic rings. The smallest absolute Gasteiger partial charge is 0.357 e. The largest absolute Gasteiger partial charge is 0.461 e. The number of hydrogen-bond donors (Lipinski definition) is 1. The number of esters is 1. The quantitative estimate of drug-likeness (QED) is 0.299. The van der Waals surface area contributed by atoms with Crippen molar-refractivity contribution in [3.05, 3.63) is 78.8 Å². The van der Waals surface area contributed by atoms with Gasteiger partial charge >= 0.3 is 5.97 Å². The molecule has 30 heavy (non-hydrogen) atoms. The topological polar surface area (TPSA) is 68.3 Å². The minimum absolute atomic E-state index is 0.113. The second-order valence-electron chi connectivity index (χ2n) is 6.81. The number of carbonyl (C=O) groups excluding carboxylic acids is 2. The third-order valence-corrected chi connectivity index (χ3v) is 6.15. The van der Waals surface area contributed by atoms with Crippen molar-refractivity contribution in [2.24, 2.45) is 0 Å². The SMILES string of the molecule is CCOC(=O)c1csc(CCCc2cc(NC(=O)c3cccc(I)c3)ccc2C)n1. The van der Waals surface area contributed by atoms with Crippen LogP contribution in [-0.4, -0.2) is 23.5 Å². The zero-order valence-electron chi connectivity index (χ0n) is 16.9. The van der Waals surface area contributed by atoms with Crippen LogP contribution in [0.2, 0.25) is 0 Å². The maximum Gasteiger partial charge on any atom is 0.357 e. The van der Waals surface area contributed by atoms with E-state index in [1.807, 2.05) is 42.5 Å². The Labute approximate surface area is 194 Å². The van der Waals surface area contributed by atoms with Gasteiger partial charge in [0.2, 0.25) is 0 Å². The molecule has 1 aromatic heterocycles. The lowest BCUT2D eigenvalue weighted by atomic mass is 10.0. The predicted octanol–water partition coefficient (Wildman–Crippen LogP) is 5.66. The first-order valence-corrected chi connectivity index (χ1v) is 11.7. The van der Waals surface area contributed by atoms with E-state index >= 15 is 0 Å². The summed E-state index contributed by atoms with van der Waals surface area (Å²) in [5.74, 6) is -0.481. The van der Waals surface area contributed by atoms with E-state index in [-0.39, 0.29) is 11.9 Å². The third kappa shape index (κ3) is 6.12. The molecule has 0 aliphatic carbocycles. The number of thiazole rings is 1. The number of rotatable bonds is 8. The van der Waals surface area contributed by atoms with Crippen LogP contribution < -0.4 is 5.32 Å². The van der Waals surface area contributed by atoms with Gasteiger partial charge in [-0.25, -0.2) is 9.78 Å². The van der Waals surface area contributed by atoms with Crippen molar-refractivity contribution in [3.63, 3.8) is 0 Å². The Bertz CT molecular complexity index is 1050. The summed E-state index contributed by atoms with van der Waals surface area (Å²) in [5, 5.41) is 5.66. The normalized spacial score (nSPS) is 10.6. The Morgan fingerprint density at radius 3 is 2.77 bits per heavy atom. The molecular weight excluding hydrogens is 511 g/mol. The Kier molecular flexibility index (Phi) is 7.98. The molecule has 0 bridgehead atoms. The highest BCUT2D eigenvalue weighted by atomic mass is 127. The van der Waals surface area contributed by atoms with Crippen LogP contribution in [0.4, 0.5) is 5.69 Å². The van der Waals surface area contributed by atoms with Gasteiger partial charge in [-0.3, -0.25) is 4.79 Å². The summed E-state index contributed by atoms with van der Waals surface area (Å²) in [7, 11) is 0. The van der Waals surface area contributed by atoms with Crippen molar-refractivity contribution in [1.82, 2.24) is 4.98 Å². The maximum atomic E-state index is 12.5. The summed E-state index contributed by atoms with van der Waals surface area (Å²) >= 11 is 3.68. The number of nitrogens with one attached hydrogen (secondary N) is 1. The van der Waals surface area contributed by atoms with E-state index < -0.39 is 0 Å². The highest BCUT2D eigenvalue weighted by molar-refractivity contribution is 14.1. The van der Waals surface area contributed by atoms with Crippen LogP contribution in [0, 0.1) is 10.5 Å². The lowest BCUT2D eigenvalue weighted by Crippen LogP contribution is -2.12. The number of halogens is 1. The van der Waals surface area contributed by atoms with Crippen LogP contribution in [0.3, 0.4) is 0 Å². The van der Waals surface area contributed by atoms with E-state index in [4.69, 9.17) is 4.74 Å². The van der Waals surface area contributed by atoms with Crippen molar-refractivity contribution in [2.45, 2.75) is 33.1 Å². The summed E-state index contributed by atoms with van der Waals surface area (Å²) < 4.78 is 6.01. The van der Waals surface area contributed by atoms with Crippen molar-refractivity contribution in [1.29, 1.82) is 0 Å². The van der Waals surface area contributed by atoms with Crippen molar-refractivity contribution in [2.75, 3.05) is 11.9 Å². The number of carbonyl (C=O) groups is 2. The first-order chi connectivity index (χ1) is 14.5. The van der Waals surface area contributed by atoms with Crippen LogP contribution in [-0.2, 0) is 17.6 Å². The molecule has 156 valence electrons. The van der Waals surface area contributed by atoms with Crippen molar-refractivity contribution < 1.29 is 14.3 Å². The number of aryl methyl sites for hydroxylation is 3. The number of anilines is 1. The van der Waals surface area contributed by atoms with Gasteiger partial charge in [-0.2, -0.15) is 0 Å². The number of hydrogen-bond acceptors (Lipinski definition) is 5. The molecule has 0 atom stereocenters. The number of aromatic nitrogens is 1. The number of benzene rings is 2. The zero-order chi connectivity index (χ0) is 21.5. The standard InChI is InChI=1S/C23H23IN2O3S/c1-3-29-23(28)20-14-30-21(26-20)9-5-6-16-13-19(11-10-15(16)2)25-22(27)17-7-4-8-18(24)12-17/h4,7-8,10-14H,3,5-6,9H2,1-2H3,(H,25,27). The monoisotopic (exact) mass is 534 g/mol. The van der Waals surface area contributed by atoms with Gasteiger partial charge in [0.05, 0.1) is 11.6 Å². The fourth-order valence-corrected chi connectivity index (χ4v) is 4.36. The van der Waals surface area contributed by atoms with Crippen molar-refractivity contribution >= 4 is 51.5 Å². The molecule has 0 unspecified atom stereocenters. The lowest BCUT2D eigenvalue weighted by Gasteiger charge is -2.10. The molecule has 3 rings (SSSR count).